The van der Waals surface area contributed by atoms with Crippen molar-refractivity contribution in [1.82, 2.24) is 10.3 Å². The number of aliphatic imine (C=N–C) groups is 1. The second-order valence-corrected chi connectivity index (χ2v) is 13.3. The van der Waals surface area contributed by atoms with Crippen LogP contribution in [0.1, 0.15) is 59.6 Å². The Balaban J connectivity index is 1.81. The maximum Gasteiger partial charge on any atom is 0.414 e. The van der Waals surface area contributed by atoms with Gasteiger partial charge in [-0.15, -0.1) is 0 Å². The van der Waals surface area contributed by atoms with E-state index in [9.17, 15) is 9.00 Å². The van der Waals surface area contributed by atoms with Crippen LogP contribution in [-0.2, 0) is 20.0 Å². The lowest BCUT2D eigenvalue weighted by Crippen LogP contribution is -2.63. The van der Waals surface area contributed by atoms with Crippen LogP contribution in [0.5, 0.6) is 0 Å². The molecule has 0 saturated heterocycles. The van der Waals surface area contributed by atoms with Crippen molar-refractivity contribution in [3.63, 3.8) is 0 Å². The molecule has 168 valence electrons. The molecule has 8 nitrogen and oxygen atoms in total. The first-order chi connectivity index (χ1) is 14.3. The maximum absolute atomic E-state index is 15.2. The number of anilines is 1. The minimum absolute atomic E-state index is 0.0184. The summed E-state index contributed by atoms with van der Waals surface area (Å²) in [4.78, 5) is 22.1. The minimum atomic E-state index is -2.94. The third-order valence-corrected chi connectivity index (χ3v) is 10.7. The highest BCUT2D eigenvalue weighted by molar-refractivity contribution is 7.96. The van der Waals surface area contributed by atoms with Gasteiger partial charge in [0.2, 0.25) is 0 Å². The standard InChI is InChI=1S/C21H28FN5O3S/c1-18(2)16-25-17(28)30-19(3,4)26-14-7-6-12(22)15(24-14)20(5,27-16)13-10-21(8-9-21)11-23-31(13,18)29/h6-7,13H,8-11H2,1-5H3,(H,24,26)(H,25,27,28)/t13-,20-,31+/m0/s1. The van der Waals surface area contributed by atoms with Crippen molar-refractivity contribution in [2.45, 2.75) is 75.1 Å². The van der Waals surface area contributed by atoms with Crippen LogP contribution in [0.2, 0.25) is 0 Å². The Morgan fingerprint density at radius 3 is 2.58 bits per heavy atom. The summed E-state index contributed by atoms with van der Waals surface area (Å²) < 4.78 is 39.0. The zero-order chi connectivity index (χ0) is 22.4. The van der Waals surface area contributed by atoms with Crippen molar-refractivity contribution in [2.24, 2.45) is 14.8 Å². The summed E-state index contributed by atoms with van der Waals surface area (Å²) in [5.41, 5.74) is -2.26. The van der Waals surface area contributed by atoms with Gasteiger partial charge in [-0.1, -0.05) is 0 Å². The topological polar surface area (TPSA) is 105 Å². The molecule has 0 aromatic carbocycles. The number of hydrogen-bond acceptors (Lipinski definition) is 7. The lowest BCUT2D eigenvalue weighted by molar-refractivity contribution is 0.0623. The molecule has 31 heavy (non-hydrogen) atoms. The molecule has 3 atom stereocenters. The fourth-order valence-electron chi connectivity index (χ4n) is 4.98. The number of carbonyl (C=O) groups is 1. The largest absolute Gasteiger partial charge is 0.423 e. The van der Waals surface area contributed by atoms with Crippen LogP contribution in [0.25, 0.3) is 0 Å². The summed E-state index contributed by atoms with van der Waals surface area (Å²) >= 11 is 0. The molecule has 10 heteroatoms. The van der Waals surface area contributed by atoms with Crippen LogP contribution in [0.15, 0.2) is 21.5 Å². The van der Waals surface area contributed by atoms with E-state index in [0.717, 1.165) is 12.8 Å². The number of pyridine rings is 1. The maximum atomic E-state index is 15.2. The second kappa shape index (κ2) is 5.96. The monoisotopic (exact) mass is 449 g/mol. The molecule has 0 unspecified atom stereocenters. The first-order valence-electron chi connectivity index (χ1n) is 10.6. The number of nitrogens with one attached hydrogen (secondary N) is 2. The van der Waals surface area contributed by atoms with Crippen LogP contribution in [0, 0.1) is 11.2 Å². The number of rotatable bonds is 0. The number of halogens is 1. The fourth-order valence-corrected chi connectivity index (χ4v) is 8.39. The number of alkyl carbamates (subject to hydrolysis) is 1. The molecule has 1 aromatic rings. The van der Waals surface area contributed by atoms with E-state index in [0.29, 0.717) is 18.8 Å². The first-order valence-corrected chi connectivity index (χ1v) is 12.2. The van der Waals surface area contributed by atoms with E-state index in [4.69, 9.17) is 14.1 Å². The average Bonchev–Trinajstić information content (AvgIpc) is 3.42. The van der Waals surface area contributed by atoms with Gasteiger partial charge in [-0.25, -0.2) is 22.7 Å². The average molecular weight is 450 g/mol. The molecule has 3 aliphatic heterocycles. The number of hydrogen-bond donors (Lipinski definition) is 2. The number of carbonyl (C=O) groups excluding carboxylic acids is 1. The Labute approximate surface area is 181 Å². The Kier molecular flexibility index (Phi) is 3.97. The molecular formula is C21H28FN5O3S. The second-order valence-electron chi connectivity index (χ2n) is 10.3. The van der Waals surface area contributed by atoms with Crippen LogP contribution in [0.3, 0.4) is 0 Å². The van der Waals surface area contributed by atoms with E-state index in [1.54, 1.807) is 34.6 Å². The lowest BCUT2D eigenvalue weighted by atomic mass is 9.84. The van der Waals surface area contributed by atoms with Gasteiger partial charge in [-0.2, -0.15) is 0 Å². The summed E-state index contributed by atoms with van der Waals surface area (Å²) in [5, 5.41) is 5.21. The molecule has 1 saturated carbocycles. The zero-order valence-corrected chi connectivity index (χ0v) is 19.2. The highest BCUT2D eigenvalue weighted by Crippen LogP contribution is 2.59. The van der Waals surface area contributed by atoms with Crippen LogP contribution >= 0.6 is 0 Å². The summed E-state index contributed by atoms with van der Waals surface area (Å²) in [6.45, 7) is 9.17. The van der Waals surface area contributed by atoms with Crippen molar-refractivity contribution >= 4 is 27.5 Å². The van der Waals surface area contributed by atoms with Crippen LogP contribution in [-0.4, -0.2) is 43.4 Å². The molecule has 1 fully saturated rings. The number of cyclic esters (lactones) is 1. The van der Waals surface area contributed by atoms with E-state index in [2.05, 4.69) is 15.6 Å². The normalized spacial score (nSPS) is 36.4. The first kappa shape index (κ1) is 20.7. The van der Waals surface area contributed by atoms with Crippen molar-refractivity contribution in [1.29, 1.82) is 0 Å². The number of ether oxygens (including phenoxy) is 1. The van der Waals surface area contributed by atoms with E-state index in [-0.39, 0.29) is 16.9 Å². The number of amidine groups is 1. The third-order valence-electron chi connectivity index (χ3n) is 7.15. The predicted octanol–water partition coefficient (Wildman–Crippen LogP) is 3.53. The summed E-state index contributed by atoms with van der Waals surface area (Å²) in [6, 6.07) is 2.81. The molecule has 4 aliphatic rings. The smallest absolute Gasteiger partial charge is 0.414 e. The Morgan fingerprint density at radius 2 is 1.90 bits per heavy atom. The number of aromatic nitrogens is 1. The van der Waals surface area contributed by atoms with E-state index in [1.807, 2.05) is 0 Å². The van der Waals surface area contributed by atoms with Gasteiger partial charge in [0.05, 0.1) is 21.5 Å². The molecule has 1 aromatic heterocycles. The molecular weight excluding hydrogens is 421 g/mol. The van der Waals surface area contributed by atoms with Gasteiger partial charge in [-0.05, 0) is 71.4 Å². The van der Waals surface area contributed by atoms with E-state index < -0.39 is 42.9 Å². The Morgan fingerprint density at radius 1 is 1.19 bits per heavy atom. The van der Waals surface area contributed by atoms with Gasteiger partial charge in [0, 0.05) is 0 Å². The van der Waals surface area contributed by atoms with Crippen molar-refractivity contribution < 1.29 is 18.1 Å². The van der Waals surface area contributed by atoms with Crippen molar-refractivity contribution in [3.8, 4) is 0 Å². The van der Waals surface area contributed by atoms with Gasteiger partial charge >= 0.3 is 6.09 Å². The predicted molar refractivity (Wildman–Crippen MR) is 116 cm³/mol. The van der Waals surface area contributed by atoms with Gasteiger partial charge < -0.3 is 10.1 Å². The van der Waals surface area contributed by atoms with Crippen LogP contribution < -0.4 is 10.6 Å². The van der Waals surface area contributed by atoms with Crippen molar-refractivity contribution in [2.75, 3.05) is 11.9 Å². The SMILES string of the molecule is CC1(C)Nc2ccc(F)c(n2)[C@@]2(C)N=C(NC(=O)O1)C(C)(C)[S@@]1(=O)=NCC3(CC3)C[C@@H]21. The van der Waals surface area contributed by atoms with Gasteiger partial charge in [-0.3, -0.25) is 10.3 Å². The lowest BCUT2D eigenvalue weighted by Gasteiger charge is -2.49. The third kappa shape index (κ3) is 2.90. The number of nitrogens with zero attached hydrogens (tertiary/aromatic N) is 3. The molecule has 1 aliphatic carbocycles. The zero-order valence-electron chi connectivity index (χ0n) is 18.4. The van der Waals surface area contributed by atoms with Gasteiger partial charge in [0.15, 0.2) is 5.72 Å². The minimum Gasteiger partial charge on any atom is -0.423 e. The van der Waals surface area contributed by atoms with Crippen LogP contribution in [0.4, 0.5) is 15.0 Å². The molecule has 4 bridgehead atoms. The summed E-state index contributed by atoms with van der Waals surface area (Å²) in [7, 11) is -2.94. The van der Waals surface area contributed by atoms with Gasteiger partial charge in [0.25, 0.3) is 0 Å². The van der Waals surface area contributed by atoms with E-state index >= 15 is 4.39 Å². The highest BCUT2D eigenvalue weighted by atomic mass is 32.2. The molecule has 4 heterocycles. The summed E-state index contributed by atoms with van der Waals surface area (Å²) in [5.74, 6) is -0.00216. The molecule has 1 spiro atoms. The molecule has 1 amide bonds. The van der Waals surface area contributed by atoms with Crippen molar-refractivity contribution in [3.05, 3.63) is 23.6 Å². The molecule has 2 N–H and O–H groups in total. The molecule has 5 rings (SSSR count). The number of amides is 1. The fraction of sp³-hybridized carbons (Fsp3) is 0.667. The summed E-state index contributed by atoms with van der Waals surface area (Å²) in [6.07, 6.45) is 1.94. The quantitative estimate of drug-likeness (QED) is 0.630. The Hall–Kier alpha value is -2.23. The Bertz CT molecular complexity index is 1150. The number of fused-ring (bicyclic) bond motifs is 6. The highest BCUT2D eigenvalue weighted by Gasteiger charge is 2.62. The van der Waals surface area contributed by atoms with Gasteiger partial charge in [0.1, 0.15) is 33.5 Å². The van der Waals surface area contributed by atoms with E-state index in [1.165, 1.54) is 12.1 Å². The molecule has 0 radical (unpaired) electrons.